The summed E-state index contributed by atoms with van der Waals surface area (Å²) in [5.41, 5.74) is 0.965. The van der Waals surface area contributed by atoms with Crippen LogP contribution in [-0.4, -0.2) is 18.5 Å². The molecule has 1 radical (unpaired) electrons. The average Bonchev–Trinajstić information content (AvgIpc) is 2.30. The molecule has 0 unspecified atom stereocenters. The van der Waals surface area contributed by atoms with Gasteiger partial charge < -0.3 is 9.47 Å². The van der Waals surface area contributed by atoms with Gasteiger partial charge in [-0.25, -0.2) is 4.79 Å². The van der Waals surface area contributed by atoms with Crippen LogP contribution in [0.15, 0.2) is 30.3 Å². The lowest BCUT2D eigenvalue weighted by molar-refractivity contribution is -0.160. The molecule has 0 heterocycles. The lowest BCUT2D eigenvalue weighted by Crippen LogP contribution is -2.17. The van der Waals surface area contributed by atoms with Gasteiger partial charge in [0.05, 0.1) is 13.0 Å². The van der Waals surface area contributed by atoms with Crippen LogP contribution in [-0.2, 0) is 25.7 Å². The standard InChI is InChI=1S/C13H15O4/c1-2-6-12(14)17-13(15)10-16-9-11-7-4-3-5-8-11/h3-8H,2,9-10H2,1H3. The molecule has 4 heteroatoms. The lowest BCUT2D eigenvalue weighted by Gasteiger charge is -2.04. The summed E-state index contributed by atoms with van der Waals surface area (Å²) in [6, 6.07) is 9.45. The predicted octanol–water partition coefficient (Wildman–Crippen LogP) is 1.89. The first-order chi connectivity index (χ1) is 8.22. The molecule has 0 aromatic heterocycles. The van der Waals surface area contributed by atoms with Gasteiger partial charge in [-0.2, -0.15) is 0 Å². The van der Waals surface area contributed by atoms with Gasteiger partial charge in [0.1, 0.15) is 6.61 Å². The second kappa shape index (κ2) is 7.57. The van der Waals surface area contributed by atoms with E-state index in [0.29, 0.717) is 13.0 Å². The summed E-state index contributed by atoms with van der Waals surface area (Å²) in [5.74, 6) is -1.29. The molecular formula is C13H15O4. The summed E-state index contributed by atoms with van der Waals surface area (Å²) in [6.07, 6.45) is 1.84. The molecule has 0 atom stereocenters. The zero-order chi connectivity index (χ0) is 12.5. The number of benzene rings is 1. The minimum Gasteiger partial charge on any atom is -0.391 e. The Morgan fingerprint density at radius 2 is 1.94 bits per heavy atom. The molecular weight excluding hydrogens is 220 g/mol. The van der Waals surface area contributed by atoms with Crippen LogP contribution in [0.1, 0.15) is 18.9 Å². The SMILES string of the molecule is CC[CH]C(=O)OC(=O)COCc1ccccc1. The van der Waals surface area contributed by atoms with Gasteiger partial charge in [-0.05, 0) is 12.0 Å². The van der Waals surface area contributed by atoms with E-state index >= 15 is 0 Å². The molecule has 0 spiro atoms. The van der Waals surface area contributed by atoms with Crippen LogP contribution < -0.4 is 0 Å². The Labute approximate surface area is 101 Å². The van der Waals surface area contributed by atoms with Crippen LogP contribution in [0.25, 0.3) is 0 Å². The summed E-state index contributed by atoms with van der Waals surface area (Å²) in [7, 11) is 0. The summed E-state index contributed by atoms with van der Waals surface area (Å²) in [4.78, 5) is 22.1. The van der Waals surface area contributed by atoms with Crippen LogP contribution in [0.3, 0.4) is 0 Å². The second-order valence-corrected chi connectivity index (χ2v) is 3.38. The van der Waals surface area contributed by atoms with Gasteiger partial charge >= 0.3 is 11.9 Å². The maximum atomic E-state index is 11.1. The van der Waals surface area contributed by atoms with Crippen LogP contribution in [0, 0.1) is 6.42 Å². The maximum absolute atomic E-state index is 11.1. The summed E-state index contributed by atoms with van der Waals surface area (Å²) in [5, 5.41) is 0. The van der Waals surface area contributed by atoms with E-state index in [2.05, 4.69) is 4.74 Å². The normalized spacial score (nSPS) is 9.94. The Hall–Kier alpha value is -1.68. The number of rotatable bonds is 6. The van der Waals surface area contributed by atoms with E-state index in [9.17, 15) is 9.59 Å². The Morgan fingerprint density at radius 3 is 2.59 bits per heavy atom. The molecule has 0 saturated heterocycles. The van der Waals surface area contributed by atoms with Crippen molar-refractivity contribution in [2.24, 2.45) is 0 Å². The Balaban J connectivity index is 2.18. The number of esters is 2. The molecule has 0 bridgehead atoms. The molecule has 1 rings (SSSR count). The first-order valence-electron chi connectivity index (χ1n) is 5.42. The summed E-state index contributed by atoms with van der Waals surface area (Å²) in [6.45, 7) is 1.89. The van der Waals surface area contributed by atoms with Crippen molar-refractivity contribution in [2.45, 2.75) is 20.0 Å². The van der Waals surface area contributed by atoms with Crippen molar-refractivity contribution in [3.63, 3.8) is 0 Å². The highest BCUT2D eigenvalue weighted by Crippen LogP contribution is 2.00. The van der Waals surface area contributed by atoms with Crippen LogP contribution >= 0.6 is 0 Å². The summed E-state index contributed by atoms with van der Waals surface area (Å²) < 4.78 is 9.59. The van der Waals surface area contributed by atoms with Gasteiger partial charge in [0.2, 0.25) is 0 Å². The highest BCUT2D eigenvalue weighted by atomic mass is 16.6. The molecule has 1 aromatic rings. The van der Waals surface area contributed by atoms with Crippen molar-refractivity contribution >= 4 is 11.9 Å². The van der Waals surface area contributed by atoms with Gasteiger partial charge in [-0.1, -0.05) is 37.3 Å². The zero-order valence-corrected chi connectivity index (χ0v) is 9.72. The van der Waals surface area contributed by atoms with Crippen LogP contribution in [0.4, 0.5) is 0 Å². The van der Waals surface area contributed by atoms with Gasteiger partial charge in [-0.15, -0.1) is 0 Å². The van der Waals surface area contributed by atoms with E-state index in [1.807, 2.05) is 30.3 Å². The van der Waals surface area contributed by atoms with Crippen molar-refractivity contribution in [3.05, 3.63) is 42.3 Å². The van der Waals surface area contributed by atoms with Crippen LogP contribution in [0.5, 0.6) is 0 Å². The minimum absolute atomic E-state index is 0.224. The average molecular weight is 235 g/mol. The third kappa shape index (κ3) is 5.82. The minimum atomic E-state index is -0.671. The highest BCUT2D eigenvalue weighted by molar-refractivity contribution is 5.90. The smallest absolute Gasteiger partial charge is 0.339 e. The fraction of sp³-hybridized carbons (Fsp3) is 0.308. The third-order valence-corrected chi connectivity index (χ3v) is 1.92. The van der Waals surface area contributed by atoms with Gasteiger partial charge in [0.25, 0.3) is 0 Å². The molecule has 1 aromatic carbocycles. The van der Waals surface area contributed by atoms with E-state index in [-0.39, 0.29) is 6.61 Å². The van der Waals surface area contributed by atoms with Crippen LogP contribution in [0.2, 0.25) is 0 Å². The molecule has 91 valence electrons. The molecule has 0 aliphatic carbocycles. The lowest BCUT2D eigenvalue weighted by atomic mass is 10.2. The number of hydrogen-bond acceptors (Lipinski definition) is 4. The fourth-order valence-corrected chi connectivity index (χ4v) is 1.18. The molecule has 0 aliphatic rings. The number of ether oxygens (including phenoxy) is 2. The topological polar surface area (TPSA) is 52.6 Å². The van der Waals surface area contributed by atoms with E-state index in [4.69, 9.17) is 4.74 Å². The van der Waals surface area contributed by atoms with Crippen molar-refractivity contribution in [3.8, 4) is 0 Å². The van der Waals surface area contributed by atoms with E-state index in [1.165, 1.54) is 6.42 Å². The molecule has 0 amide bonds. The number of hydrogen-bond donors (Lipinski definition) is 0. The molecule has 17 heavy (non-hydrogen) atoms. The quantitative estimate of drug-likeness (QED) is 0.558. The maximum Gasteiger partial charge on any atom is 0.339 e. The molecule has 0 saturated carbocycles. The van der Waals surface area contributed by atoms with Gasteiger partial charge in [-0.3, -0.25) is 4.79 Å². The number of carbonyl (C=O) groups excluding carboxylic acids is 2. The van der Waals surface area contributed by atoms with Gasteiger partial charge in [0.15, 0.2) is 0 Å². The molecule has 4 nitrogen and oxygen atoms in total. The first kappa shape index (κ1) is 13.4. The fourth-order valence-electron chi connectivity index (χ4n) is 1.18. The first-order valence-corrected chi connectivity index (χ1v) is 5.42. The second-order valence-electron chi connectivity index (χ2n) is 3.38. The Bertz CT molecular complexity index is 359. The third-order valence-electron chi connectivity index (χ3n) is 1.92. The van der Waals surface area contributed by atoms with Crippen molar-refractivity contribution < 1.29 is 19.1 Å². The van der Waals surface area contributed by atoms with E-state index in [0.717, 1.165) is 5.56 Å². The predicted molar refractivity (Wildman–Crippen MR) is 61.8 cm³/mol. The zero-order valence-electron chi connectivity index (χ0n) is 9.72. The van der Waals surface area contributed by atoms with E-state index < -0.39 is 11.9 Å². The molecule has 0 N–H and O–H groups in total. The van der Waals surface area contributed by atoms with Gasteiger partial charge in [0, 0.05) is 0 Å². The Kier molecular flexibility index (Phi) is 5.96. The summed E-state index contributed by atoms with van der Waals surface area (Å²) >= 11 is 0. The van der Waals surface area contributed by atoms with Crippen molar-refractivity contribution in [2.75, 3.05) is 6.61 Å². The molecule has 0 aliphatic heterocycles. The largest absolute Gasteiger partial charge is 0.391 e. The monoisotopic (exact) mass is 235 g/mol. The van der Waals surface area contributed by atoms with Crippen molar-refractivity contribution in [1.29, 1.82) is 0 Å². The highest BCUT2D eigenvalue weighted by Gasteiger charge is 2.09. The number of carbonyl (C=O) groups is 2. The molecule has 0 fully saturated rings. The Morgan fingerprint density at radius 1 is 1.24 bits per heavy atom. The van der Waals surface area contributed by atoms with Crippen molar-refractivity contribution in [1.82, 2.24) is 0 Å². The van der Waals surface area contributed by atoms with E-state index in [1.54, 1.807) is 6.92 Å².